The summed E-state index contributed by atoms with van der Waals surface area (Å²) in [4.78, 5) is 12.9. The van der Waals surface area contributed by atoms with Crippen LogP contribution in [0.15, 0.2) is 72.8 Å². The summed E-state index contributed by atoms with van der Waals surface area (Å²) in [5, 5.41) is 2.97. The van der Waals surface area contributed by atoms with Crippen LogP contribution in [0.3, 0.4) is 0 Å². The Balaban J connectivity index is 1.41. The van der Waals surface area contributed by atoms with Crippen molar-refractivity contribution in [3.8, 4) is 11.5 Å². The summed E-state index contributed by atoms with van der Waals surface area (Å²) in [6.45, 7) is 3.71. The van der Waals surface area contributed by atoms with E-state index in [1.165, 1.54) is 0 Å². The van der Waals surface area contributed by atoms with E-state index in [-0.39, 0.29) is 12.0 Å². The SMILES string of the molecule is Cc1ccc(NC(=O)c2cccc(OCc3ccccc3)c2)c(OCC2CCCO2)c1. The van der Waals surface area contributed by atoms with E-state index in [2.05, 4.69) is 5.32 Å². The molecule has 3 aromatic carbocycles. The molecule has 0 aliphatic carbocycles. The van der Waals surface area contributed by atoms with Gasteiger partial charge in [0.15, 0.2) is 0 Å². The second-order valence-electron chi connectivity index (χ2n) is 7.70. The molecule has 1 N–H and O–H groups in total. The van der Waals surface area contributed by atoms with Gasteiger partial charge in [0.05, 0.1) is 11.8 Å². The molecule has 0 aromatic heterocycles. The highest BCUT2D eigenvalue weighted by Gasteiger charge is 2.18. The molecular weight excluding hydrogens is 390 g/mol. The zero-order valence-electron chi connectivity index (χ0n) is 17.7. The van der Waals surface area contributed by atoms with Gasteiger partial charge in [-0.3, -0.25) is 4.79 Å². The molecule has 1 aliphatic rings. The van der Waals surface area contributed by atoms with Crippen molar-refractivity contribution >= 4 is 11.6 Å². The number of nitrogens with one attached hydrogen (secondary N) is 1. The van der Waals surface area contributed by atoms with Crippen LogP contribution < -0.4 is 14.8 Å². The van der Waals surface area contributed by atoms with Crippen LogP contribution >= 0.6 is 0 Å². The number of hydrogen-bond acceptors (Lipinski definition) is 4. The molecule has 1 atom stereocenters. The van der Waals surface area contributed by atoms with Gasteiger partial charge in [0, 0.05) is 12.2 Å². The number of hydrogen-bond donors (Lipinski definition) is 1. The number of ether oxygens (including phenoxy) is 3. The summed E-state index contributed by atoms with van der Waals surface area (Å²) in [6, 6.07) is 22.9. The Morgan fingerprint density at radius 1 is 1.03 bits per heavy atom. The van der Waals surface area contributed by atoms with Gasteiger partial charge >= 0.3 is 0 Å². The fourth-order valence-electron chi connectivity index (χ4n) is 3.47. The van der Waals surface area contributed by atoms with Crippen LogP contribution in [0.5, 0.6) is 11.5 Å². The summed E-state index contributed by atoms with van der Waals surface area (Å²) in [5.41, 5.74) is 3.31. The summed E-state index contributed by atoms with van der Waals surface area (Å²) in [7, 11) is 0. The third-order valence-corrected chi connectivity index (χ3v) is 5.18. The highest BCUT2D eigenvalue weighted by Crippen LogP contribution is 2.28. The van der Waals surface area contributed by atoms with Crippen molar-refractivity contribution in [1.82, 2.24) is 0 Å². The molecule has 1 fully saturated rings. The van der Waals surface area contributed by atoms with Gasteiger partial charge in [-0.05, 0) is 61.2 Å². The standard InChI is InChI=1S/C26H27NO4/c1-19-12-13-24(25(15-19)31-18-23-11-6-14-29-23)27-26(28)21-9-5-10-22(16-21)30-17-20-7-3-2-4-8-20/h2-5,7-10,12-13,15-16,23H,6,11,14,17-18H2,1H3,(H,27,28). The van der Waals surface area contributed by atoms with Crippen molar-refractivity contribution in [2.45, 2.75) is 32.5 Å². The first-order chi connectivity index (χ1) is 15.2. The van der Waals surface area contributed by atoms with Crippen molar-refractivity contribution in [3.63, 3.8) is 0 Å². The third kappa shape index (κ3) is 5.86. The second kappa shape index (κ2) is 10.1. The van der Waals surface area contributed by atoms with Gasteiger partial charge in [0.1, 0.15) is 24.7 Å². The lowest BCUT2D eigenvalue weighted by Crippen LogP contribution is -2.18. The topological polar surface area (TPSA) is 56.8 Å². The maximum absolute atomic E-state index is 12.9. The number of benzene rings is 3. The van der Waals surface area contributed by atoms with E-state index in [1.807, 2.05) is 67.6 Å². The minimum Gasteiger partial charge on any atom is -0.489 e. The second-order valence-corrected chi connectivity index (χ2v) is 7.70. The molecule has 1 amide bonds. The van der Waals surface area contributed by atoms with Gasteiger partial charge in [-0.25, -0.2) is 0 Å². The fourth-order valence-corrected chi connectivity index (χ4v) is 3.47. The third-order valence-electron chi connectivity index (χ3n) is 5.18. The van der Waals surface area contributed by atoms with Crippen LogP contribution in [0.4, 0.5) is 5.69 Å². The Kier molecular flexibility index (Phi) is 6.85. The quantitative estimate of drug-likeness (QED) is 0.534. The molecule has 0 saturated carbocycles. The molecule has 31 heavy (non-hydrogen) atoms. The summed E-state index contributed by atoms with van der Waals surface area (Å²) < 4.78 is 17.5. The predicted octanol–water partition coefficient (Wildman–Crippen LogP) is 5.38. The Morgan fingerprint density at radius 3 is 2.71 bits per heavy atom. The first kappa shape index (κ1) is 20.9. The molecule has 1 saturated heterocycles. The van der Waals surface area contributed by atoms with Crippen LogP contribution in [0.25, 0.3) is 0 Å². The van der Waals surface area contributed by atoms with Crippen molar-refractivity contribution in [2.75, 3.05) is 18.5 Å². The minimum atomic E-state index is -0.212. The lowest BCUT2D eigenvalue weighted by molar-refractivity contribution is 0.0681. The van der Waals surface area contributed by atoms with E-state index >= 15 is 0 Å². The number of rotatable bonds is 8. The molecule has 0 bridgehead atoms. The van der Waals surface area contributed by atoms with E-state index in [0.29, 0.717) is 36.0 Å². The number of amides is 1. The van der Waals surface area contributed by atoms with E-state index in [9.17, 15) is 4.79 Å². The smallest absolute Gasteiger partial charge is 0.255 e. The van der Waals surface area contributed by atoms with Gasteiger partial charge in [0.2, 0.25) is 0 Å². The Morgan fingerprint density at radius 2 is 1.90 bits per heavy atom. The maximum Gasteiger partial charge on any atom is 0.255 e. The van der Waals surface area contributed by atoms with Crippen LogP contribution in [0.1, 0.15) is 34.3 Å². The molecule has 1 aliphatic heterocycles. The lowest BCUT2D eigenvalue weighted by atomic mass is 10.1. The highest BCUT2D eigenvalue weighted by molar-refractivity contribution is 6.05. The van der Waals surface area contributed by atoms with Gasteiger partial charge in [-0.15, -0.1) is 0 Å². The average molecular weight is 418 g/mol. The molecule has 5 heteroatoms. The summed E-state index contributed by atoms with van der Waals surface area (Å²) in [6.07, 6.45) is 2.18. The summed E-state index contributed by atoms with van der Waals surface area (Å²) >= 11 is 0. The van der Waals surface area contributed by atoms with E-state index in [0.717, 1.165) is 30.6 Å². The van der Waals surface area contributed by atoms with Gasteiger partial charge in [-0.1, -0.05) is 42.5 Å². The van der Waals surface area contributed by atoms with Crippen molar-refractivity contribution in [2.24, 2.45) is 0 Å². The van der Waals surface area contributed by atoms with Crippen LogP contribution in [0.2, 0.25) is 0 Å². The largest absolute Gasteiger partial charge is 0.489 e. The normalized spacial score (nSPS) is 15.5. The molecule has 4 rings (SSSR count). The average Bonchev–Trinajstić information content (AvgIpc) is 3.32. The first-order valence-corrected chi connectivity index (χ1v) is 10.6. The number of aryl methyl sites for hydroxylation is 1. The Labute approximate surface area is 183 Å². The molecule has 5 nitrogen and oxygen atoms in total. The van der Waals surface area contributed by atoms with Crippen molar-refractivity contribution in [1.29, 1.82) is 0 Å². The van der Waals surface area contributed by atoms with E-state index in [4.69, 9.17) is 14.2 Å². The highest BCUT2D eigenvalue weighted by atomic mass is 16.5. The lowest BCUT2D eigenvalue weighted by Gasteiger charge is -2.16. The van der Waals surface area contributed by atoms with Gasteiger partial charge in [0.25, 0.3) is 5.91 Å². The van der Waals surface area contributed by atoms with Gasteiger partial charge in [-0.2, -0.15) is 0 Å². The first-order valence-electron chi connectivity index (χ1n) is 10.6. The molecule has 160 valence electrons. The molecule has 1 heterocycles. The molecule has 0 radical (unpaired) electrons. The zero-order chi connectivity index (χ0) is 21.5. The monoisotopic (exact) mass is 417 g/mol. The van der Waals surface area contributed by atoms with Crippen LogP contribution in [0, 0.1) is 6.92 Å². The van der Waals surface area contributed by atoms with E-state index < -0.39 is 0 Å². The predicted molar refractivity (Wildman–Crippen MR) is 121 cm³/mol. The Hall–Kier alpha value is -3.31. The number of anilines is 1. The maximum atomic E-state index is 12.9. The van der Waals surface area contributed by atoms with Gasteiger partial charge < -0.3 is 19.5 Å². The van der Waals surface area contributed by atoms with Crippen molar-refractivity contribution in [3.05, 3.63) is 89.5 Å². The number of carbonyl (C=O) groups is 1. The zero-order valence-corrected chi connectivity index (χ0v) is 17.7. The minimum absolute atomic E-state index is 0.113. The number of carbonyl (C=O) groups excluding carboxylic acids is 1. The molecule has 0 spiro atoms. The molecular formula is C26H27NO4. The van der Waals surface area contributed by atoms with Crippen molar-refractivity contribution < 1.29 is 19.0 Å². The molecule has 3 aromatic rings. The Bertz CT molecular complexity index is 1010. The van der Waals surface area contributed by atoms with Crippen LogP contribution in [-0.4, -0.2) is 25.2 Å². The molecule has 1 unspecified atom stereocenters. The summed E-state index contributed by atoms with van der Waals surface area (Å²) in [5.74, 6) is 1.09. The van der Waals surface area contributed by atoms with E-state index in [1.54, 1.807) is 12.1 Å². The van der Waals surface area contributed by atoms with Crippen LogP contribution in [-0.2, 0) is 11.3 Å². The fraction of sp³-hybridized carbons (Fsp3) is 0.269.